The molecule has 1 unspecified atom stereocenters. The Morgan fingerprint density at radius 1 is 1.54 bits per heavy atom. The second-order valence-electron chi connectivity index (χ2n) is 3.74. The van der Waals surface area contributed by atoms with Crippen molar-refractivity contribution in [2.24, 2.45) is 5.73 Å². The van der Waals surface area contributed by atoms with Crippen molar-refractivity contribution in [2.45, 2.75) is 44.7 Å². The van der Waals surface area contributed by atoms with Crippen molar-refractivity contribution in [1.29, 1.82) is 0 Å². The number of urea groups is 1. The van der Waals surface area contributed by atoms with Crippen molar-refractivity contribution >= 4 is 6.03 Å². The SMILES string of the molecule is CC(CN)NC(=O)NC1CCCC1. The molecule has 0 aliphatic heterocycles. The molecule has 13 heavy (non-hydrogen) atoms. The van der Waals surface area contributed by atoms with Gasteiger partial charge in [-0.1, -0.05) is 12.8 Å². The van der Waals surface area contributed by atoms with Gasteiger partial charge in [0.05, 0.1) is 0 Å². The first kappa shape index (κ1) is 10.3. The number of carbonyl (C=O) groups excluding carboxylic acids is 1. The first-order valence-corrected chi connectivity index (χ1v) is 4.99. The molecule has 76 valence electrons. The van der Waals surface area contributed by atoms with Crippen molar-refractivity contribution < 1.29 is 4.79 Å². The second-order valence-corrected chi connectivity index (χ2v) is 3.74. The largest absolute Gasteiger partial charge is 0.335 e. The molecule has 4 heteroatoms. The molecule has 4 nitrogen and oxygen atoms in total. The van der Waals surface area contributed by atoms with E-state index in [0.717, 1.165) is 12.8 Å². The fourth-order valence-electron chi connectivity index (χ4n) is 1.58. The standard InChI is InChI=1S/C9H19N3O/c1-7(6-10)11-9(13)12-8-4-2-3-5-8/h7-8H,2-6,10H2,1H3,(H2,11,12,13). The molecule has 0 saturated heterocycles. The van der Waals surface area contributed by atoms with Crippen LogP contribution >= 0.6 is 0 Å². The minimum atomic E-state index is -0.0788. The first-order chi connectivity index (χ1) is 6.22. The summed E-state index contributed by atoms with van der Waals surface area (Å²) in [5.74, 6) is 0. The quantitative estimate of drug-likeness (QED) is 0.602. The van der Waals surface area contributed by atoms with Crippen LogP contribution in [0.3, 0.4) is 0 Å². The summed E-state index contributed by atoms with van der Waals surface area (Å²) in [6.07, 6.45) is 4.70. The Kier molecular flexibility index (Phi) is 4.02. The fraction of sp³-hybridized carbons (Fsp3) is 0.889. The molecule has 2 amide bonds. The number of amides is 2. The van der Waals surface area contributed by atoms with Crippen LogP contribution in [-0.2, 0) is 0 Å². The molecule has 4 N–H and O–H groups in total. The lowest BCUT2D eigenvalue weighted by molar-refractivity contribution is 0.234. The normalized spacial score (nSPS) is 19.8. The van der Waals surface area contributed by atoms with Gasteiger partial charge in [0.15, 0.2) is 0 Å². The number of nitrogens with one attached hydrogen (secondary N) is 2. The third kappa shape index (κ3) is 3.63. The van der Waals surface area contributed by atoms with Crippen LogP contribution in [-0.4, -0.2) is 24.7 Å². The summed E-state index contributed by atoms with van der Waals surface area (Å²) in [6.45, 7) is 2.38. The fourth-order valence-corrected chi connectivity index (χ4v) is 1.58. The summed E-state index contributed by atoms with van der Waals surface area (Å²) < 4.78 is 0. The van der Waals surface area contributed by atoms with Gasteiger partial charge in [0.1, 0.15) is 0 Å². The van der Waals surface area contributed by atoms with Crippen LogP contribution < -0.4 is 16.4 Å². The molecule has 0 bridgehead atoms. The van der Waals surface area contributed by atoms with Crippen molar-refractivity contribution in [3.63, 3.8) is 0 Å². The molecule has 0 aromatic heterocycles. The van der Waals surface area contributed by atoms with E-state index in [1.54, 1.807) is 0 Å². The lowest BCUT2D eigenvalue weighted by Crippen LogP contribution is -2.46. The molecule has 1 aliphatic carbocycles. The molecular formula is C9H19N3O. The van der Waals surface area contributed by atoms with Gasteiger partial charge in [0, 0.05) is 18.6 Å². The maximum absolute atomic E-state index is 11.3. The topological polar surface area (TPSA) is 67.1 Å². The van der Waals surface area contributed by atoms with Gasteiger partial charge in [-0.15, -0.1) is 0 Å². The van der Waals surface area contributed by atoms with Gasteiger partial charge in [0.2, 0.25) is 0 Å². The Hall–Kier alpha value is -0.770. The lowest BCUT2D eigenvalue weighted by Gasteiger charge is -2.16. The van der Waals surface area contributed by atoms with E-state index in [1.807, 2.05) is 6.92 Å². The van der Waals surface area contributed by atoms with E-state index >= 15 is 0 Å². The molecule has 1 fully saturated rings. The van der Waals surface area contributed by atoms with Gasteiger partial charge in [-0.25, -0.2) is 4.79 Å². The van der Waals surface area contributed by atoms with E-state index in [2.05, 4.69) is 10.6 Å². The van der Waals surface area contributed by atoms with E-state index in [1.165, 1.54) is 12.8 Å². The maximum Gasteiger partial charge on any atom is 0.315 e. The third-order valence-electron chi connectivity index (χ3n) is 2.42. The highest BCUT2D eigenvalue weighted by atomic mass is 16.2. The van der Waals surface area contributed by atoms with Crippen LogP contribution in [0.5, 0.6) is 0 Å². The summed E-state index contributed by atoms with van der Waals surface area (Å²) in [6, 6.07) is 0.358. The zero-order valence-electron chi connectivity index (χ0n) is 8.18. The van der Waals surface area contributed by atoms with Gasteiger partial charge >= 0.3 is 6.03 Å². The number of hydrogen-bond donors (Lipinski definition) is 3. The summed E-state index contributed by atoms with van der Waals surface area (Å²) >= 11 is 0. The van der Waals surface area contributed by atoms with Crippen molar-refractivity contribution in [2.75, 3.05) is 6.54 Å². The van der Waals surface area contributed by atoms with Crippen molar-refractivity contribution in [3.8, 4) is 0 Å². The molecule has 0 heterocycles. The average molecular weight is 185 g/mol. The number of nitrogens with two attached hydrogens (primary N) is 1. The highest BCUT2D eigenvalue weighted by Crippen LogP contribution is 2.17. The minimum absolute atomic E-state index is 0.0569. The van der Waals surface area contributed by atoms with Crippen LogP contribution in [0.2, 0.25) is 0 Å². The van der Waals surface area contributed by atoms with Gasteiger partial charge in [-0.3, -0.25) is 0 Å². The van der Waals surface area contributed by atoms with Crippen LogP contribution in [0.4, 0.5) is 4.79 Å². The molecule has 1 atom stereocenters. The summed E-state index contributed by atoms with van der Waals surface area (Å²) in [7, 11) is 0. The third-order valence-corrected chi connectivity index (χ3v) is 2.42. The number of hydrogen-bond acceptors (Lipinski definition) is 2. The monoisotopic (exact) mass is 185 g/mol. The van der Waals surface area contributed by atoms with Gasteiger partial charge in [-0.05, 0) is 19.8 Å². The summed E-state index contributed by atoms with van der Waals surface area (Å²) in [5.41, 5.74) is 5.39. The van der Waals surface area contributed by atoms with E-state index in [9.17, 15) is 4.79 Å². The van der Waals surface area contributed by atoms with Crippen LogP contribution in [0, 0.1) is 0 Å². The van der Waals surface area contributed by atoms with E-state index < -0.39 is 0 Å². The zero-order chi connectivity index (χ0) is 9.68. The summed E-state index contributed by atoms with van der Waals surface area (Å²) in [4.78, 5) is 11.3. The Morgan fingerprint density at radius 3 is 2.69 bits per heavy atom. The molecular weight excluding hydrogens is 166 g/mol. The molecule has 1 aliphatic rings. The molecule has 0 aromatic rings. The second kappa shape index (κ2) is 5.07. The number of carbonyl (C=O) groups is 1. The zero-order valence-corrected chi connectivity index (χ0v) is 8.18. The number of rotatable bonds is 3. The van der Waals surface area contributed by atoms with E-state index in [-0.39, 0.29) is 12.1 Å². The smallest absolute Gasteiger partial charge is 0.315 e. The van der Waals surface area contributed by atoms with Crippen LogP contribution in [0.15, 0.2) is 0 Å². The molecule has 0 radical (unpaired) electrons. The van der Waals surface area contributed by atoms with Crippen molar-refractivity contribution in [1.82, 2.24) is 10.6 Å². The van der Waals surface area contributed by atoms with Gasteiger partial charge in [0.25, 0.3) is 0 Å². The highest BCUT2D eigenvalue weighted by Gasteiger charge is 2.17. The van der Waals surface area contributed by atoms with Crippen molar-refractivity contribution in [3.05, 3.63) is 0 Å². The Bertz CT molecular complexity index is 166. The van der Waals surface area contributed by atoms with Crippen LogP contribution in [0.25, 0.3) is 0 Å². The Morgan fingerprint density at radius 2 is 2.15 bits per heavy atom. The lowest BCUT2D eigenvalue weighted by atomic mass is 10.2. The summed E-state index contributed by atoms with van der Waals surface area (Å²) in [5, 5.41) is 5.72. The molecule has 0 spiro atoms. The first-order valence-electron chi connectivity index (χ1n) is 4.99. The Balaban J connectivity index is 2.16. The van der Waals surface area contributed by atoms with E-state index in [0.29, 0.717) is 12.6 Å². The van der Waals surface area contributed by atoms with E-state index in [4.69, 9.17) is 5.73 Å². The average Bonchev–Trinajstić information content (AvgIpc) is 2.56. The Labute approximate surface area is 79.3 Å². The molecule has 1 saturated carbocycles. The van der Waals surface area contributed by atoms with Gasteiger partial charge in [-0.2, -0.15) is 0 Å². The maximum atomic E-state index is 11.3. The van der Waals surface area contributed by atoms with Gasteiger partial charge < -0.3 is 16.4 Å². The molecule has 0 aromatic carbocycles. The highest BCUT2D eigenvalue weighted by molar-refractivity contribution is 5.74. The predicted octanol–water partition coefficient (Wildman–Crippen LogP) is 0.575. The molecule has 1 rings (SSSR count). The minimum Gasteiger partial charge on any atom is -0.335 e. The predicted molar refractivity (Wildman–Crippen MR) is 52.4 cm³/mol. The van der Waals surface area contributed by atoms with Crippen LogP contribution in [0.1, 0.15) is 32.6 Å².